The number of anilines is 2. The molecule has 2 aromatic rings. The van der Waals surface area contributed by atoms with Gasteiger partial charge in [0.15, 0.2) is 0 Å². The van der Waals surface area contributed by atoms with Crippen LogP contribution < -0.4 is 15.5 Å². The van der Waals surface area contributed by atoms with Gasteiger partial charge < -0.3 is 15.5 Å². The number of rotatable bonds is 5. The quantitative estimate of drug-likeness (QED) is 0.800. The summed E-state index contributed by atoms with van der Waals surface area (Å²) in [5.41, 5.74) is 3.18. The Morgan fingerprint density at radius 1 is 1.04 bits per heavy atom. The number of hydrogen-bond donors (Lipinski definition) is 2. The molecule has 1 fully saturated rings. The first-order valence-electron chi connectivity index (χ1n) is 8.60. The van der Waals surface area contributed by atoms with E-state index in [0.29, 0.717) is 0 Å². The molecule has 0 spiro atoms. The molecule has 0 unspecified atom stereocenters. The Labute approximate surface area is 168 Å². The van der Waals surface area contributed by atoms with Gasteiger partial charge in [-0.05, 0) is 43.6 Å². The van der Waals surface area contributed by atoms with Crippen LogP contribution in [0.4, 0.5) is 11.4 Å². The molecule has 1 saturated heterocycles. The summed E-state index contributed by atoms with van der Waals surface area (Å²) in [6, 6.07) is 18.4. The normalized spacial score (nSPS) is 13.9. The number of nitrogens with zero attached hydrogens (tertiary/aromatic N) is 1. The first-order chi connectivity index (χ1) is 11.7. The maximum absolute atomic E-state index is 12.5. The van der Waals surface area contributed by atoms with Gasteiger partial charge in [0.2, 0.25) is 5.91 Å². The molecule has 4 nitrogen and oxygen atoms in total. The number of carbonyl (C=O) groups excluding carboxylic acids is 1. The molecule has 26 heavy (non-hydrogen) atoms. The third kappa shape index (κ3) is 5.90. The lowest BCUT2D eigenvalue weighted by Crippen LogP contribution is -2.34. The highest BCUT2D eigenvalue weighted by Gasteiger charge is 2.21. The molecule has 2 N–H and O–H groups in total. The third-order valence-corrected chi connectivity index (χ3v) is 4.55. The molecule has 0 aliphatic carbocycles. The van der Waals surface area contributed by atoms with E-state index in [-0.39, 0.29) is 36.6 Å². The fourth-order valence-corrected chi connectivity index (χ4v) is 3.17. The summed E-state index contributed by atoms with van der Waals surface area (Å²) < 4.78 is 0. The van der Waals surface area contributed by atoms with Crippen LogP contribution in [-0.2, 0) is 11.3 Å². The first kappa shape index (κ1) is 22.3. The number of carbonyl (C=O) groups is 1. The molecule has 2 aromatic carbocycles. The van der Waals surface area contributed by atoms with Crippen LogP contribution in [0.25, 0.3) is 0 Å². The Kier molecular flexibility index (Phi) is 9.49. The Hall–Kier alpha value is -1.75. The Balaban J connectivity index is 0.00000169. The molecule has 0 bridgehead atoms. The van der Waals surface area contributed by atoms with Crippen molar-refractivity contribution in [2.45, 2.75) is 19.4 Å². The van der Waals surface area contributed by atoms with Crippen molar-refractivity contribution in [3.8, 4) is 0 Å². The van der Waals surface area contributed by atoms with Crippen molar-refractivity contribution < 1.29 is 4.79 Å². The molecule has 3 rings (SSSR count). The number of piperidine rings is 1. The number of hydrogen-bond acceptors (Lipinski definition) is 3. The fourth-order valence-electron chi connectivity index (χ4n) is 3.17. The largest absolute Gasteiger partial charge is 0.369 e. The maximum atomic E-state index is 12.5. The summed E-state index contributed by atoms with van der Waals surface area (Å²) in [5.74, 6) is 0.246. The Morgan fingerprint density at radius 3 is 2.35 bits per heavy atom. The van der Waals surface area contributed by atoms with Crippen molar-refractivity contribution in [3.05, 3.63) is 60.2 Å². The number of halogens is 2. The van der Waals surface area contributed by atoms with Crippen LogP contribution in [0.15, 0.2) is 54.6 Å². The minimum atomic E-state index is 0. The van der Waals surface area contributed by atoms with Crippen molar-refractivity contribution in [1.29, 1.82) is 0 Å². The lowest BCUT2D eigenvalue weighted by Gasteiger charge is -2.25. The van der Waals surface area contributed by atoms with Crippen LogP contribution in [0.5, 0.6) is 0 Å². The molecule has 0 atom stereocenters. The van der Waals surface area contributed by atoms with Gasteiger partial charge in [0.1, 0.15) is 0 Å². The van der Waals surface area contributed by atoms with Crippen molar-refractivity contribution in [2.75, 3.05) is 30.4 Å². The zero-order valence-electron chi connectivity index (χ0n) is 15.0. The highest BCUT2D eigenvalue weighted by atomic mass is 35.5. The van der Waals surface area contributed by atoms with E-state index in [1.54, 1.807) is 0 Å². The molecule has 142 valence electrons. The van der Waals surface area contributed by atoms with E-state index in [2.05, 4.69) is 40.8 Å². The SMILES string of the molecule is CN(Cc1ccccc1)c1ccccc1NC(=O)C1CCNCC1.Cl.Cl. The molecule has 6 heteroatoms. The summed E-state index contributed by atoms with van der Waals surface area (Å²) in [5, 5.41) is 6.44. The number of amides is 1. The van der Waals surface area contributed by atoms with Crippen molar-refractivity contribution >= 4 is 42.1 Å². The average Bonchev–Trinajstić information content (AvgIpc) is 2.63. The predicted octanol–water partition coefficient (Wildman–Crippen LogP) is 4.10. The summed E-state index contributed by atoms with van der Waals surface area (Å²) in [6.07, 6.45) is 1.82. The molecule has 0 saturated carbocycles. The number of para-hydroxylation sites is 2. The van der Waals surface area contributed by atoms with Crippen molar-refractivity contribution in [2.24, 2.45) is 5.92 Å². The minimum Gasteiger partial charge on any atom is -0.369 e. The molecule has 0 radical (unpaired) electrons. The molecule has 1 aliphatic rings. The van der Waals surface area contributed by atoms with Crippen LogP contribution in [0.2, 0.25) is 0 Å². The average molecular weight is 396 g/mol. The van der Waals surface area contributed by atoms with Gasteiger partial charge in [-0.1, -0.05) is 42.5 Å². The number of nitrogens with one attached hydrogen (secondary N) is 2. The van der Waals surface area contributed by atoms with E-state index >= 15 is 0 Å². The van der Waals surface area contributed by atoms with E-state index in [9.17, 15) is 4.79 Å². The van der Waals surface area contributed by atoms with E-state index in [4.69, 9.17) is 0 Å². The lowest BCUT2D eigenvalue weighted by molar-refractivity contribution is -0.120. The zero-order valence-corrected chi connectivity index (χ0v) is 16.6. The van der Waals surface area contributed by atoms with Crippen LogP contribution in [0.1, 0.15) is 18.4 Å². The van der Waals surface area contributed by atoms with Crippen LogP contribution in [0, 0.1) is 5.92 Å². The Bertz CT molecular complexity index is 676. The molecular formula is C20H27Cl2N3O. The first-order valence-corrected chi connectivity index (χ1v) is 8.60. The highest BCUT2D eigenvalue weighted by Crippen LogP contribution is 2.27. The van der Waals surface area contributed by atoms with Crippen LogP contribution in [-0.4, -0.2) is 26.0 Å². The fraction of sp³-hybridized carbons (Fsp3) is 0.350. The topological polar surface area (TPSA) is 44.4 Å². The van der Waals surface area contributed by atoms with Gasteiger partial charge in [-0.3, -0.25) is 4.79 Å². The van der Waals surface area contributed by atoms with E-state index in [1.807, 2.05) is 36.4 Å². The molecule has 1 amide bonds. The second kappa shape index (κ2) is 11.1. The van der Waals surface area contributed by atoms with Crippen LogP contribution in [0.3, 0.4) is 0 Å². The Morgan fingerprint density at radius 2 is 1.65 bits per heavy atom. The molecule has 0 aromatic heterocycles. The van der Waals surface area contributed by atoms with Gasteiger partial charge in [-0.15, -0.1) is 24.8 Å². The van der Waals surface area contributed by atoms with Gasteiger partial charge in [0.25, 0.3) is 0 Å². The number of benzene rings is 2. The zero-order chi connectivity index (χ0) is 16.8. The van der Waals surface area contributed by atoms with Gasteiger partial charge in [-0.2, -0.15) is 0 Å². The lowest BCUT2D eigenvalue weighted by atomic mass is 9.97. The van der Waals surface area contributed by atoms with E-state index in [1.165, 1.54) is 5.56 Å². The van der Waals surface area contributed by atoms with Gasteiger partial charge in [-0.25, -0.2) is 0 Å². The summed E-state index contributed by atoms with van der Waals surface area (Å²) >= 11 is 0. The smallest absolute Gasteiger partial charge is 0.227 e. The van der Waals surface area contributed by atoms with Crippen molar-refractivity contribution in [1.82, 2.24) is 5.32 Å². The van der Waals surface area contributed by atoms with E-state index in [0.717, 1.165) is 43.9 Å². The summed E-state index contributed by atoms with van der Waals surface area (Å²) in [4.78, 5) is 14.7. The van der Waals surface area contributed by atoms with Crippen molar-refractivity contribution in [3.63, 3.8) is 0 Å². The maximum Gasteiger partial charge on any atom is 0.227 e. The van der Waals surface area contributed by atoms with Crippen LogP contribution >= 0.6 is 24.8 Å². The second-order valence-electron chi connectivity index (χ2n) is 6.37. The third-order valence-electron chi connectivity index (χ3n) is 4.55. The molecule has 1 aliphatic heterocycles. The minimum absolute atomic E-state index is 0. The second-order valence-corrected chi connectivity index (χ2v) is 6.37. The standard InChI is InChI=1S/C20H25N3O.2ClH/c1-23(15-16-7-3-2-4-8-16)19-10-6-5-9-18(19)22-20(24)17-11-13-21-14-12-17;;/h2-10,17,21H,11-15H2,1H3,(H,22,24);2*1H. The highest BCUT2D eigenvalue weighted by molar-refractivity contribution is 5.95. The predicted molar refractivity (Wildman–Crippen MR) is 114 cm³/mol. The van der Waals surface area contributed by atoms with Gasteiger partial charge in [0.05, 0.1) is 11.4 Å². The van der Waals surface area contributed by atoms with Gasteiger partial charge >= 0.3 is 0 Å². The summed E-state index contributed by atoms with van der Waals surface area (Å²) in [7, 11) is 2.06. The molecular weight excluding hydrogens is 369 g/mol. The van der Waals surface area contributed by atoms with E-state index < -0.39 is 0 Å². The van der Waals surface area contributed by atoms with Gasteiger partial charge in [0, 0.05) is 19.5 Å². The monoisotopic (exact) mass is 395 g/mol. The summed E-state index contributed by atoms with van der Waals surface area (Å²) in [6.45, 7) is 2.66. The molecule has 1 heterocycles.